The van der Waals surface area contributed by atoms with E-state index >= 15 is 0 Å². The third-order valence-electron chi connectivity index (χ3n) is 4.61. The Balaban J connectivity index is 0.00000145. The maximum absolute atomic E-state index is 12.3. The molecular formula is C21H29Cl2N3O3. The van der Waals surface area contributed by atoms with Crippen molar-refractivity contribution in [1.29, 1.82) is 0 Å². The summed E-state index contributed by atoms with van der Waals surface area (Å²) in [5, 5.41) is 4.40. The number of benzene rings is 1. The van der Waals surface area contributed by atoms with Gasteiger partial charge in [-0.15, -0.1) is 0 Å². The Morgan fingerprint density at radius 1 is 1.17 bits per heavy atom. The van der Waals surface area contributed by atoms with E-state index in [1.165, 1.54) is 0 Å². The molecule has 0 aliphatic carbocycles. The summed E-state index contributed by atoms with van der Waals surface area (Å²) in [6.45, 7) is 14.6. The van der Waals surface area contributed by atoms with Crippen LogP contribution in [0.5, 0.6) is 0 Å². The van der Waals surface area contributed by atoms with Crippen molar-refractivity contribution in [3.05, 3.63) is 27.4 Å². The van der Waals surface area contributed by atoms with Crippen LogP contribution in [0.1, 0.15) is 52.8 Å². The van der Waals surface area contributed by atoms with Crippen molar-refractivity contribution in [3.8, 4) is 0 Å². The number of rotatable bonds is 1. The lowest BCUT2D eigenvalue weighted by atomic mass is 10.1. The highest BCUT2D eigenvalue weighted by Gasteiger charge is 2.27. The molecular weight excluding hydrogens is 413 g/mol. The van der Waals surface area contributed by atoms with E-state index in [4.69, 9.17) is 27.9 Å². The molecule has 0 bridgehead atoms. The van der Waals surface area contributed by atoms with Gasteiger partial charge in [0, 0.05) is 31.1 Å². The van der Waals surface area contributed by atoms with E-state index in [1.807, 2.05) is 20.8 Å². The average molecular weight is 442 g/mol. The third-order valence-corrected chi connectivity index (χ3v) is 5.39. The van der Waals surface area contributed by atoms with Gasteiger partial charge in [-0.05, 0) is 39.3 Å². The van der Waals surface area contributed by atoms with E-state index in [1.54, 1.807) is 38.7 Å². The number of nitrogens with one attached hydrogen (secondary N) is 1. The van der Waals surface area contributed by atoms with E-state index in [9.17, 15) is 9.59 Å². The molecule has 2 heterocycles. The van der Waals surface area contributed by atoms with Crippen molar-refractivity contribution in [3.63, 3.8) is 0 Å². The van der Waals surface area contributed by atoms with Gasteiger partial charge < -0.3 is 14.2 Å². The summed E-state index contributed by atoms with van der Waals surface area (Å²) < 4.78 is 7.45. The van der Waals surface area contributed by atoms with Gasteiger partial charge in [0.2, 0.25) is 5.91 Å². The zero-order valence-electron chi connectivity index (χ0n) is 18.1. The van der Waals surface area contributed by atoms with Gasteiger partial charge >= 0.3 is 6.09 Å². The van der Waals surface area contributed by atoms with Gasteiger partial charge in [0.1, 0.15) is 5.60 Å². The molecule has 0 saturated carbocycles. The number of carbonyl (C=O) groups is 2. The van der Waals surface area contributed by atoms with E-state index in [0.717, 1.165) is 22.2 Å². The predicted octanol–water partition coefficient (Wildman–Crippen LogP) is 5.99. The number of fused-ring (bicyclic) bond motifs is 3. The first kappa shape index (κ1) is 23.4. The fourth-order valence-corrected chi connectivity index (χ4v) is 3.89. The summed E-state index contributed by atoms with van der Waals surface area (Å²) in [5.41, 5.74) is 2.65. The van der Waals surface area contributed by atoms with Crippen LogP contribution in [0.4, 0.5) is 10.5 Å². The molecule has 2 amide bonds. The van der Waals surface area contributed by atoms with Crippen molar-refractivity contribution >= 4 is 51.8 Å². The monoisotopic (exact) mass is 441 g/mol. The van der Waals surface area contributed by atoms with Crippen LogP contribution < -0.4 is 5.32 Å². The average Bonchev–Trinajstić information content (AvgIpc) is 2.92. The molecule has 1 aliphatic rings. The third kappa shape index (κ3) is 4.81. The summed E-state index contributed by atoms with van der Waals surface area (Å²) >= 11 is 12.9. The van der Waals surface area contributed by atoms with Gasteiger partial charge in [-0.2, -0.15) is 0 Å². The van der Waals surface area contributed by atoms with Crippen molar-refractivity contribution in [2.24, 2.45) is 0 Å². The molecule has 0 atom stereocenters. The van der Waals surface area contributed by atoms with Gasteiger partial charge in [-0.1, -0.05) is 37.0 Å². The number of aryl methyl sites for hydroxylation is 1. The molecule has 0 radical (unpaired) electrons. The van der Waals surface area contributed by atoms with Crippen LogP contribution in [0.2, 0.25) is 10.0 Å². The van der Waals surface area contributed by atoms with Crippen LogP contribution in [0.25, 0.3) is 10.9 Å². The van der Waals surface area contributed by atoms with E-state index in [0.29, 0.717) is 35.4 Å². The van der Waals surface area contributed by atoms with Crippen LogP contribution >= 0.6 is 23.2 Å². The number of aromatic nitrogens is 1. The SMILES string of the molecule is CC.CC(=O)N1CCn2c(c(C)c3c(NC(=O)OC(C)(C)C)cc(Cl)c(Cl)c32)C1. The maximum atomic E-state index is 12.3. The second-order valence-corrected chi connectivity index (χ2v) is 8.52. The second-order valence-electron chi connectivity index (χ2n) is 7.73. The standard InChI is InChI=1S/C19H23Cl2N3O3.C2H6/c1-10-14-9-23(11(2)25)6-7-24(14)17-15(10)13(8-12(20)16(17)21)22-18(26)27-19(3,4)5;1-2/h8H,6-7,9H2,1-5H3,(H,22,26);1-2H3. The molecule has 0 saturated heterocycles. The Morgan fingerprint density at radius 3 is 2.34 bits per heavy atom. The lowest BCUT2D eigenvalue weighted by molar-refractivity contribution is -0.130. The van der Waals surface area contributed by atoms with Crippen LogP contribution in [0.15, 0.2) is 6.07 Å². The van der Waals surface area contributed by atoms with Gasteiger partial charge in [-0.25, -0.2) is 4.79 Å². The molecule has 1 aliphatic heterocycles. The minimum atomic E-state index is -0.615. The first-order valence-corrected chi connectivity index (χ1v) is 10.5. The quantitative estimate of drug-likeness (QED) is 0.590. The molecule has 0 fully saturated rings. The van der Waals surface area contributed by atoms with E-state index < -0.39 is 11.7 Å². The van der Waals surface area contributed by atoms with Crippen molar-refractivity contribution in [2.45, 2.75) is 67.2 Å². The Kier molecular flexibility index (Phi) is 7.12. The summed E-state index contributed by atoms with van der Waals surface area (Å²) in [6, 6.07) is 1.64. The highest BCUT2D eigenvalue weighted by atomic mass is 35.5. The Morgan fingerprint density at radius 2 is 1.79 bits per heavy atom. The zero-order chi connectivity index (χ0) is 22.1. The lowest BCUT2D eigenvalue weighted by Gasteiger charge is -2.28. The van der Waals surface area contributed by atoms with Crippen LogP contribution in [-0.4, -0.2) is 33.6 Å². The fraction of sp³-hybridized carbons (Fsp3) is 0.524. The number of anilines is 1. The highest BCUT2D eigenvalue weighted by molar-refractivity contribution is 6.45. The molecule has 8 heteroatoms. The first-order valence-electron chi connectivity index (χ1n) is 9.74. The maximum Gasteiger partial charge on any atom is 0.412 e. The number of nitrogens with zero attached hydrogens (tertiary/aromatic N) is 2. The normalized spacial score (nSPS) is 13.5. The Hall–Kier alpha value is -1.92. The van der Waals surface area contributed by atoms with Gasteiger partial charge in [0.05, 0.1) is 27.8 Å². The number of halogens is 2. The molecule has 1 N–H and O–H groups in total. The second kappa shape index (κ2) is 8.84. The molecule has 160 valence electrons. The largest absolute Gasteiger partial charge is 0.444 e. The van der Waals surface area contributed by atoms with E-state index in [2.05, 4.69) is 9.88 Å². The zero-order valence-corrected chi connectivity index (χ0v) is 19.6. The van der Waals surface area contributed by atoms with E-state index in [-0.39, 0.29) is 5.91 Å². The molecule has 0 unspecified atom stereocenters. The summed E-state index contributed by atoms with van der Waals surface area (Å²) in [4.78, 5) is 25.9. The number of carbonyl (C=O) groups excluding carboxylic acids is 2. The number of amides is 2. The van der Waals surface area contributed by atoms with Gasteiger partial charge in [-0.3, -0.25) is 10.1 Å². The van der Waals surface area contributed by atoms with Gasteiger partial charge in [0.15, 0.2) is 0 Å². The topological polar surface area (TPSA) is 63.6 Å². The molecule has 1 aromatic carbocycles. The minimum Gasteiger partial charge on any atom is -0.444 e. The van der Waals surface area contributed by atoms with Crippen LogP contribution in [0, 0.1) is 6.92 Å². The molecule has 1 aromatic heterocycles. The van der Waals surface area contributed by atoms with Crippen LogP contribution in [0.3, 0.4) is 0 Å². The molecule has 2 aromatic rings. The molecule has 0 spiro atoms. The highest BCUT2D eigenvalue weighted by Crippen LogP contribution is 2.42. The lowest BCUT2D eigenvalue weighted by Crippen LogP contribution is -2.36. The van der Waals surface area contributed by atoms with Crippen molar-refractivity contribution in [2.75, 3.05) is 11.9 Å². The van der Waals surface area contributed by atoms with Gasteiger partial charge in [0.25, 0.3) is 0 Å². The van der Waals surface area contributed by atoms with Crippen molar-refractivity contribution in [1.82, 2.24) is 9.47 Å². The fourth-order valence-electron chi connectivity index (χ4n) is 3.44. The molecule has 29 heavy (non-hydrogen) atoms. The van der Waals surface area contributed by atoms with Crippen molar-refractivity contribution < 1.29 is 14.3 Å². The van der Waals surface area contributed by atoms with Crippen LogP contribution in [-0.2, 0) is 22.6 Å². The summed E-state index contributed by atoms with van der Waals surface area (Å²) in [5.74, 6) is 0.0298. The first-order chi connectivity index (χ1) is 13.5. The Labute approximate surface area is 182 Å². The number of hydrogen-bond acceptors (Lipinski definition) is 3. The molecule has 3 rings (SSSR count). The smallest absolute Gasteiger partial charge is 0.412 e. The predicted molar refractivity (Wildman–Crippen MR) is 119 cm³/mol. The number of hydrogen-bond donors (Lipinski definition) is 1. The summed E-state index contributed by atoms with van der Waals surface area (Å²) in [6.07, 6.45) is -0.559. The summed E-state index contributed by atoms with van der Waals surface area (Å²) in [7, 11) is 0. The molecule has 6 nitrogen and oxygen atoms in total. The minimum absolute atomic E-state index is 0.0298. The Bertz CT molecular complexity index is 945. The number of ether oxygens (including phenoxy) is 1.